The summed E-state index contributed by atoms with van der Waals surface area (Å²) in [6, 6.07) is 0. The molecule has 48 valence electrons. The van der Waals surface area contributed by atoms with Gasteiger partial charge in [-0.2, -0.15) is 0 Å². The third kappa shape index (κ3) is 24400. The molecule has 0 aromatic heterocycles. The Kier molecular flexibility index (Phi) is 19.6. The molecule has 0 saturated heterocycles. The fourth-order valence-corrected chi connectivity index (χ4v) is 0. The fourth-order valence-electron chi connectivity index (χ4n) is 0. The van der Waals surface area contributed by atoms with Crippen molar-refractivity contribution in [1.82, 2.24) is 0 Å². The molecule has 0 radical (unpaired) electrons. The molecule has 0 unspecified atom stereocenters. The van der Waals surface area contributed by atoms with Gasteiger partial charge in [-0.1, -0.05) is 0 Å². The van der Waals surface area contributed by atoms with Gasteiger partial charge in [0.05, 0.1) is 0 Å². The van der Waals surface area contributed by atoms with Crippen LogP contribution < -0.4 is 10.2 Å². The van der Waals surface area contributed by atoms with Gasteiger partial charge in [0, 0.05) is 0 Å². The molecule has 2 N–H and O–H groups in total. The van der Waals surface area contributed by atoms with E-state index in [1.165, 1.54) is 0 Å². The van der Waals surface area contributed by atoms with E-state index in [4.69, 9.17) is 30.0 Å². The maximum Gasteiger partial charge on any atom is 2.00 e. The average molecular weight is 259 g/mol. The second kappa shape index (κ2) is 11.0. The van der Waals surface area contributed by atoms with Crippen LogP contribution in [0.1, 0.15) is 0 Å². The van der Waals surface area contributed by atoms with Crippen LogP contribution in [-0.2, 0) is 0 Å². The maximum absolute atomic E-state index is 8.56. The number of hydrogen-bond donors (Lipinski definition) is 2. The van der Waals surface area contributed by atoms with E-state index in [-0.39, 0.29) is 48.9 Å². The average Bonchev–Trinajstić information content (AvgIpc) is 1.25. The minimum atomic E-state index is -2.33. The van der Waals surface area contributed by atoms with Crippen LogP contribution in [0.5, 0.6) is 0 Å². The first-order valence-electron chi connectivity index (χ1n) is 1.26. The van der Waals surface area contributed by atoms with E-state index in [1.54, 1.807) is 0 Å². The van der Waals surface area contributed by atoms with Crippen molar-refractivity contribution in [2.24, 2.45) is 0 Å². The van der Waals surface area contributed by atoms with Gasteiger partial charge in [-0.05, 0) is 6.16 Å². The van der Waals surface area contributed by atoms with E-state index in [0.29, 0.717) is 0 Å². The summed E-state index contributed by atoms with van der Waals surface area (Å²) in [5.41, 5.74) is 0. The number of carbonyl (C=O) groups is 2. The van der Waals surface area contributed by atoms with Gasteiger partial charge in [0.25, 0.3) is 0 Å². The van der Waals surface area contributed by atoms with E-state index >= 15 is 0 Å². The van der Waals surface area contributed by atoms with Crippen LogP contribution in [0.4, 0.5) is 9.59 Å². The van der Waals surface area contributed by atoms with E-state index in [0.717, 1.165) is 0 Å². The molecule has 0 aromatic rings. The molecule has 0 aliphatic rings. The number of carbonyl (C=O) groups excluding carboxylic acids is 1. The Balaban J connectivity index is -0.0000000720. The van der Waals surface area contributed by atoms with E-state index < -0.39 is 12.3 Å². The van der Waals surface area contributed by atoms with Crippen LogP contribution in [0, 0.1) is 0 Å². The molecule has 0 atom stereocenters. The summed E-state index contributed by atoms with van der Waals surface area (Å²) >= 11 is 0. The summed E-state index contributed by atoms with van der Waals surface area (Å²) in [5, 5.41) is 30.6. The topological polar surface area (TPSA) is 121 Å². The first kappa shape index (κ1) is 16.1. The zero-order chi connectivity index (χ0) is 7.15. The molecule has 0 bridgehead atoms. The molecular weight excluding hydrogens is 257 g/mol. The third-order valence-electron chi connectivity index (χ3n) is 0. The van der Waals surface area contributed by atoms with Crippen molar-refractivity contribution in [2.45, 2.75) is 0 Å². The van der Waals surface area contributed by atoms with Gasteiger partial charge in [-0.25, -0.2) is 4.79 Å². The molecule has 0 rings (SSSR count). The van der Waals surface area contributed by atoms with Crippen LogP contribution in [0.25, 0.3) is 0 Å². The molecule has 0 saturated carbocycles. The first-order valence-corrected chi connectivity index (χ1v) is 1.26. The molecule has 0 aromatic carbocycles. The zero-order valence-electron chi connectivity index (χ0n) is 4.23. The van der Waals surface area contributed by atoms with Crippen LogP contribution in [-0.4, -0.2) is 71.4 Å². The van der Waals surface area contributed by atoms with E-state index in [9.17, 15) is 0 Å². The van der Waals surface area contributed by atoms with Gasteiger partial charge in [0.1, 0.15) is 0 Å². The van der Waals surface area contributed by atoms with Gasteiger partial charge >= 0.3 is 55.0 Å². The molecule has 0 fully saturated rings. The Morgan fingerprint density at radius 3 is 1.11 bits per heavy atom. The van der Waals surface area contributed by atoms with Gasteiger partial charge in [0.2, 0.25) is 0 Å². The minimum absolute atomic E-state index is 0. The monoisotopic (exact) mass is 260 g/mol. The predicted molar refractivity (Wildman–Crippen MR) is 21.8 cm³/mol. The van der Waals surface area contributed by atoms with Crippen LogP contribution in [0.3, 0.4) is 0 Å². The van der Waals surface area contributed by atoms with Crippen molar-refractivity contribution in [3.8, 4) is 0 Å². The molecule has 0 aliphatic heterocycles. The predicted octanol–water partition coefficient (Wildman–Crippen LogP) is -2.61. The van der Waals surface area contributed by atoms with Crippen LogP contribution in [0.2, 0.25) is 0 Å². The van der Waals surface area contributed by atoms with Crippen LogP contribution in [0.15, 0.2) is 0 Å². The van der Waals surface area contributed by atoms with Crippen molar-refractivity contribution >= 4 is 61.2 Å². The molecule has 0 aliphatic carbocycles. The smallest absolute Gasteiger partial charge is 0.652 e. The summed E-state index contributed by atoms with van der Waals surface area (Å²) in [6.45, 7) is 0. The van der Waals surface area contributed by atoms with Crippen molar-refractivity contribution < 1.29 is 30.0 Å². The normalized spacial score (nSPS) is 5.33. The maximum atomic E-state index is 8.56. The van der Waals surface area contributed by atoms with Gasteiger partial charge < -0.3 is 25.2 Å². The van der Waals surface area contributed by atoms with E-state index in [1.807, 2.05) is 0 Å². The van der Waals surface area contributed by atoms with Crippen molar-refractivity contribution in [2.75, 3.05) is 0 Å². The third-order valence-corrected chi connectivity index (χ3v) is 0. The Labute approximate surface area is 90.2 Å². The number of carboxylic acid groups (broad SMARTS) is 4. The molecule has 0 heterocycles. The molecule has 6 nitrogen and oxygen atoms in total. The number of rotatable bonds is 0. The second-order valence-electron chi connectivity index (χ2n) is 0.533. The van der Waals surface area contributed by atoms with Gasteiger partial charge in [0.15, 0.2) is 0 Å². The Morgan fingerprint density at radius 2 is 1.11 bits per heavy atom. The zero-order valence-corrected chi connectivity index (χ0v) is 8.68. The summed E-state index contributed by atoms with van der Waals surface area (Å²) in [4.78, 5) is 16.9. The largest absolute Gasteiger partial charge is 2.00 e. The van der Waals surface area contributed by atoms with Gasteiger partial charge in [-0.15, -0.1) is 0 Å². The second-order valence-corrected chi connectivity index (χ2v) is 0.533. The standard InChI is InChI=1S/2CH2O3.Ba/c2*2-1(3)4;/h2*(H2,2,3,4);/q;;+2/p-2. The molecule has 9 heavy (non-hydrogen) atoms. The Morgan fingerprint density at radius 1 is 1.11 bits per heavy atom. The first-order chi connectivity index (χ1) is 3.46. The van der Waals surface area contributed by atoms with Crippen LogP contribution >= 0.6 is 0 Å². The summed E-state index contributed by atoms with van der Waals surface area (Å²) in [5.74, 6) is 0. The van der Waals surface area contributed by atoms with Gasteiger partial charge in [-0.3, -0.25) is 0 Å². The molecule has 0 amide bonds. The summed E-state index contributed by atoms with van der Waals surface area (Å²) < 4.78 is 0. The quantitative estimate of drug-likeness (QED) is 0.460. The summed E-state index contributed by atoms with van der Waals surface area (Å²) in [6.07, 6.45) is -4.17. The summed E-state index contributed by atoms with van der Waals surface area (Å²) in [7, 11) is 0. The van der Waals surface area contributed by atoms with Crippen molar-refractivity contribution in [3.63, 3.8) is 0 Å². The molecule has 7 heteroatoms. The molecule has 0 spiro atoms. The number of hydrogen-bond acceptors (Lipinski definition) is 4. The van der Waals surface area contributed by atoms with Crippen molar-refractivity contribution in [3.05, 3.63) is 0 Å². The fraction of sp³-hybridized carbons (Fsp3) is 0. The SMILES string of the molecule is O=C(O)O.O=C([O-])[O-].[Ba+2]. The Bertz CT molecular complexity index is 69.1. The molecular formula is C2H2BaO6. The minimum Gasteiger partial charge on any atom is -0.652 e. The van der Waals surface area contributed by atoms with Crippen molar-refractivity contribution in [1.29, 1.82) is 0 Å². The Hall–Kier alpha value is 0.111. The van der Waals surface area contributed by atoms with E-state index in [2.05, 4.69) is 0 Å².